The summed E-state index contributed by atoms with van der Waals surface area (Å²) in [6.07, 6.45) is -0.526. The molecule has 0 heterocycles. The third-order valence-corrected chi connectivity index (χ3v) is 4.27. The standard InChI is InChI=1S/C12H18F2N2O4S/c1-19-7-8(20-2)6-16-21(17,18)11-4-3-10(13)9(5-15)12(11)14/h3-4,8,16H,5-7,15H2,1-2H3. The lowest BCUT2D eigenvalue weighted by atomic mass is 10.2. The molecule has 1 aromatic rings. The number of hydrogen-bond donors (Lipinski definition) is 2. The maximum atomic E-state index is 14.0. The van der Waals surface area contributed by atoms with Gasteiger partial charge >= 0.3 is 0 Å². The van der Waals surface area contributed by atoms with Crippen molar-refractivity contribution in [2.45, 2.75) is 17.5 Å². The lowest BCUT2D eigenvalue weighted by Gasteiger charge is -2.16. The molecule has 1 aromatic carbocycles. The van der Waals surface area contributed by atoms with Crippen molar-refractivity contribution in [2.24, 2.45) is 5.73 Å². The quantitative estimate of drug-likeness (QED) is 0.721. The van der Waals surface area contributed by atoms with Crippen molar-refractivity contribution in [1.82, 2.24) is 4.72 Å². The van der Waals surface area contributed by atoms with E-state index in [0.717, 1.165) is 12.1 Å². The molecule has 0 spiro atoms. The minimum absolute atomic E-state index is 0.110. The van der Waals surface area contributed by atoms with Crippen molar-refractivity contribution in [3.63, 3.8) is 0 Å². The highest BCUT2D eigenvalue weighted by molar-refractivity contribution is 7.89. The molecule has 0 aliphatic rings. The van der Waals surface area contributed by atoms with E-state index in [1.807, 2.05) is 0 Å². The predicted molar refractivity (Wildman–Crippen MR) is 72.1 cm³/mol. The molecule has 3 N–H and O–H groups in total. The van der Waals surface area contributed by atoms with Gasteiger partial charge in [0.1, 0.15) is 10.7 Å². The zero-order valence-corrected chi connectivity index (χ0v) is 12.5. The predicted octanol–water partition coefficient (Wildman–Crippen LogP) is 0.363. The summed E-state index contributed by atoms with van der Waals surface area (Å²) in [5, 5.41) is 0. The molecule has 1 rings (SSSR count). The summed E-state index contributed by atoms with van der Waals surface area (Å²) in [6, 6.07) is 1.72. The van der Waals surface area contributed by atoms with Crippen LogP contribution in [0.5, 0.6) is 0 Å². The number of ether oxygens (including phenoxy) is 2. The Bertz CT molecular complexity index is 581. The molecule has 0 radical (unpaired) electrons. The average Bonchev–Trinajstić information content (AvgIpc) is 2.43. The summed E-state index contributed by atoms with van der Waals surface area (Å²) >= 11 is 0. The Morgan fingerprint density at radius 3 is 2.52 bits per heavy atom. The minimum atomic E-state index is -4.15. The van der Waals surface area contributed by atoms with E-state index < -0.39 is 44.8 Å². The fourth-order valence-corrected chi connectivity index (χ4v) is 2.81. The maximum Gasteiger partial charge on any atom is 0.243 e. The van der Waals surface area contributed by atoms with Gasteiger partial charge < -0.3 is 15.2 Å². The molecule has 0 aromatic heterocycles. The fourth-order valence-electron chi connectivity index (χ4n) is 1.65. The van der Waals surface area contributed by atoms with E-state index in [1.165, 1.54) is 14.2 Å². The molecule has 1 atom stereocenters. The maximum absolute atomic E-state index is 14.0. The zero-order valence-electron chi connectivity index (χ0n) is 11.7. The van der Waals surface area contributed by atoms with Gasteiger partial charge in [-0.05, 0) is 12.1 Å². The molecule has 21 heavy (non-hydrogen) atoms. The molecular formula is C12H18F2N2O4S. The minimum Gasteiger partial charge on any atom is -0.382 e. The smallest absolute Gasteiger partial charge is 0.243 e. The average molecular weight is 324 g/mol. The van der Waals surface area contributed by atoms with Crippen LogP contribution in [0.1, 0.15) is 5.56 Å². The molecule has 1 unspecified atom stereocenters. The highest BCUT2D eigenvalue weighted by Crippen LogP contribution is 2.20. The van der Waals surface area contributed by atoms with E-state index in [0.29, 0.717) is 0 Å². The molecule has 0 saturated carbocycles. The Labute approximate surface area is 122 Å². The number of hydrogen-bond acceptors (Lipinski definition) is 5. The summed E-state index contributed by atoms with van der Waals surface area (Å²) < 4.78 is 63.4. The molecule has 120 valence electrons. The van der Waals surface area contributed by atoms with Crippen LogP contribution >= 0.6 is 0 Å². The SMILES string of the molecule is COCC(CNS(=O)(=O)c1ccc(F)c(CN)c1F)OC. The number of benzene rings is 1. The molecule has 9 heteroatoms. The van der Waals surface area contributed by atoms with Gasteiger partial charge in [0.25, 0.3) is 0 Å². The van der Waals surface area contributed by atoms with Crippen molar-refractivity contribution in [3.8, 4) is 0 Å². The topological polar surface area (TPSA) is 90.7 Å². The summed E-state index contributed by atoms with van der Waals surface area (Å²) in [6.45, 7) is -0.383. The number of halogens is 2. The van der Waals surface area contributed by atoms with Gasteiger partial charge in [-0.15, -0.1) is 0 Å². The summed E-state index contributed by atoms with van der Waals surface area (Å²) in [4.78, 5) is -0.656. The first-order valence-electron chi connectivity index (χ1n) is 6.05. The van der Waals surface area contributed by atoms with E-state index in [4.69, 9.17) is 15.2 Å². The summed E-state index contributed by atoms with van der Waals surface area (Å²) in [5.74, 6) is -2.08. The monoisotopic (exact) mass is 324 g/mol. The van der Waals surface area contributed by atoms with Gasteiger partial charge in [0.05, 0.1) is 12.7 Å². The number of methoxy groups -OCH3 is 2. The second-order valence-corrected chi connectivity index (χ2v) is 5.94. The van der Waals surface area contributed by atoms with Crippen molar-refractivity contribution in [2.75, 3.05) is 27.4 Å². The Hall–Kier alpha value is -1.13. The number of sulfonamides is 1. The number of nitrogens with one attached hydrogen (secondary N) is 1. The van der Waals surface area contributed by atoms with Crippen LogP contribution in [0.3, 0.4) is 0 Å². The third-order valence-electron chi connectivity index (χ3n) is 2.83. The molecule has 0 aliphatic carbocycles. The van der Waals surface area contributed by atoms with E-state index >= 15 is 0 Å². The molecule has 0 fully saturated rings. The third kappa shape index (κ3) is 4.42. The van der Waals surface area contributed by atoms with Crippen LogP contribution in [-0.4, -0.2) is 41.9 Å². The van der Waals surface area contributed by atoms with Gasteiger partial charge in [-0.2, -0.15) is 0 Å². The molecule has 0 aliphatic heterocycles. The normalized spacial score (nSPS) is 13.4. The Balaban J connectivity index is 2.98. The summed E-state index contributed by atoms with van der Waals surface area (Å²) in [5.41, 5.74) is 4.74. The molecular weight excluding hydrogens is 306 g/mol. The lowest BCUT2D eigenvalue weighted by Crippen LogP contribution is -2.36. The van der Waals surface area contributed by atoms with Crippen LogP contribution in [-0.2, 0) is 26.0 Å². The first-order chi connectivity index (χ1) is 9.87. The molecule has 0 amide bonds. The van der Waals surface area contributed by atoms with Gasteiger partial charge in [0.2, 0.25) is 10.0 Å². The van der Waals surface area contributed by atoms with Crippen LogP contribution in [0.15, 0.2) is 17.0 Å². The van der Waals surface area contributed by atoms with Crippen molar-refractivity contribution >= 4 is 10.0 Å². The number of rotatable bonds is 8. The first-order valence-corrected chi connectivity index (χ1v) is 7.54. The second-order valence-electron chi connectivity index (χ2n) is 4.21. The van der Waals surface area contributed by atoms with Crippen molar-refractivity contribution < 1.29 is 26.7 Å². The molecule has 0 bridgehead atoms. The number of nitrogens with two attached hydrogens (primary N) is 1. The second kappa shape index (κ2) is 7.76. The van der Waals surface area contributed by atoms with Crippen LogP contribution in [0.25, 0.3) is 0 Å². The largest absolute Gasteiger partial charge is 0.382 e. The highest BCUT2D eigenvalue weighted by atomic mass is 32.2. The molecule has 0 saturated heterocycles. The van der Waals surface area contributed by atoms with E-state index in [-0.39, 0.29) is 13.2 Å². The van der Waals surface area contributed by atoms with Crippen LogP contribution in [0.4, 0.5) is 8.78 Å². The van der Waals surface area contributed by atoms with Gasteiger partial charge in [-0.25, -0.2) is 21.9 Å². The van der Waals surface area contributed by atoms with E-state index in [9.17, 15) is 17.2 Å². The fraction of sp³-hybridized carbons (Fsp3) is 0.500. The van der Waals surface area contributed by atoms with Gasteiger partial charge in [-0.1, -0.05) is 0 Å². The lowest BCUT2D eigenvalue weighted by molar-refractivity contribution is 0.0320. The van der Waals surface area contributed by atoms with Crippen LogP contribution < -0.4 is 10.5 Å². The van der Waals surface area contributed by atoms with Crippen molar-refractivity contribution in [3.05, 3.63) is 29.3 Å². The zero-order chi connectivity index (χ0) is 16.0. The summed E-state index contributed by atoms with van der Waals surface area (Å²) in [7, 11) is -1.32. The Kier molecular flexibility index (Phi) is 6.62. The Morgan fingerprint density at radius 1 is 1.33 bits per heavy atom. The van der Waals surface area contributed by atoms with Crippen LogP contribution in [0.2, 0.25) is 0 Å². The van der Waals surface area contributed by atoms with Gasteiger partial charge in [0, 0.05) is 32.9 Å². The Morgan fingerprint density at radius 2 is 2.00 bits per heavy atom. The van der Waals surface area contributed by atoms with Gasteiger partial charge in [-0.3, -0.25) is 0 Å². The van der Waals surface area contributed by atoms with Crippen molar-refractivity contribution in [1.29, 1.82) is 0 Å². The van der Waals surface area contributed by atoms with Gasteiger partial charge in [0.15, 0.2) is 5.82 Å². The highest BCUT2D eigenvalue weighted by Gasteiger charge is 2.24. The van der Waals surface area contributed by atoms with E-state index in [1.54, 1.807) is 0 Å². The van der Waals surface area contributed by atoms with Crippen LogP contribution in [0, 0.1) is 11.6 Å². The molecule has 6 nitrogen and oxygen atoms in total. The first kappa shape index (κ1) is 17.9. The van der Waals surface area contributed by atoms with E-state index in [2.05, 4.69) is 4.72 Å².